The topological polar surface area (TPSA) is 143 Å². The summed E-state index contributed by atoms with van der Waals surface area (Å²) in [7, 11) is -4.17. The molecule has 1 aliphatic rings. The summed E-state index contributed by atoms with van der Waals surface area (Å²) in [4.78, 5) is 1.65. The average Bonchev–Trinajstić information content (AvgIpc) is 2.73. The van der Waals surface area contributed by atoms with Crippen molar-refractivity contribution < 1.29 is 28.5 Å². The van der Waals surface area contributed by atoms with Crippen molar-refractivity contribution in [1.29, 1.82) is 5.26 Å². The number of hydrogen-bond acceptors (Lipinski definition) is 8. The summed E-state index contributed by atoms with van der Waals surface area (Å²) in [5.74, 6) is 0. The number of rotatable bonds is 8. The highest BCUT2D eigenvalue weighted by Crippen LogP contribution is 2.21. The summed E-state index contributed by atoms with van der Waals surface area (Å²) in [6.07, 6.45) is -4.80. The largest absolute Gasteiger partial charge is 0.388 e. The minimum absolute atomic E-state index is 0.364. The number of nitrogens with zero attached hydrogens (tertiary/aromatic N) is 2. The van der Waals surface area contributed by atoms with Gasteiger partial charge in [-0.15, -0.1) is 0 Å². The Bertz CT molecular complexity index is 877. The molecule has 0 radical (unpaired) electrons. The molecule has 1 fully saturated rings. The van der Waals surface area contributed by atoms with Gasteiger partial charge in [0.05, 0.1) is 6.10 Å². The van der Waals surface area contributed by atoms with Gasteiger partial charge in [-0.1, -0.05) is 12.1 Å². The lowest BCUT2D eigenvalue weighted by Gasteiger charge is -2.39. The molecule has 4 N–H and O–H groups in total. The molecular formula is C20H29N3O6S. The number of sulfonamides is 1. The Morgan fingerprint density at radius 2 is 1.77 bits per heavy atom. The van der Waals surface area contributed by atoms with Crippen molar-refractivity contribution in [2.45, 2.75) is 51.3 Å². The minimum Gasteiger partial charge on any atom is -0.388 e. The quantitative estimate of drug-likeness (QED) is 0.420. The molecule has 1 saturated heterocycles. The zero-order valence-electron chi connectivity index (χ0n) is 17.3. The van der Waals surface area contributed by atoms with E-state index in [1.807, 2.05) is 26.0 Å². The van der Waals surface area contributed by atoms with E-state index in [9.17, 15) is 29.0 Å². The molecule has 9 nitrogen and oxygen atoms in total. The van der Waals surface area contributed by atoms with Crippen LogP contribution in [0.5, 0.6) is 0 Å². The Kier molecular flexibility index (Phi) is 8.37. The molecule has 0 aromatic heterocycles. The normalized spacial score (nSPS) is 27.5. The molecule has 1 aromatic carbocycles. The van der Waals surface area contributed by atoms with Gasteiger partial charge in [-0.05, 0) is 44.5 Å². The van der Waals surface area contributed by atoms with Gasteiger partial charge in [-0.3, -0.25) is 0 Å². The number of hydrogen-bond donors (Lipinski definition) is 4. The molecule has 2 rings (SSSR count). The fourth-order valence-corrected chi connectivity index (χ4v) is 4.22. The molecule has 0 saturated carbocycles. The molecule has 30 heavy (non-hydrogen) atoms. The summed E-state index contributed by atoms with van der Waals surface area (Å²) >= 11 is 0. The highest BCUT2D eigenvalue weighted by Gasteiger charge is 2.42. The van der Waals surface area contributed by atoms with Gasteiger partial charge in [0, 0.05) is 25.3 Å². The Hall–Kier alpha value is -2.00. The lowest BCUT2D eigenvalue weighted by Crippen LogP contribution is -2.59. The fraction of sp³-hybridized carbons (Fsp3) is 0.550. The van der Waals surface area contributed by atoms with Crippen LogP contribution in [0.15, 0.2) is 29.2 Å². The third-order valence-corrected chi connectivity index (χ3v) is 6.48. The first kappa shape index (κ1) is 24.3. The molecule has 166 valence electrons. The van der Waals surface area contributed by atoms with E-state index in [-0.39, 0.29) is 6.54 Å². The molecule has 0 aliphatic carbocycles. The van der Waals surface area contributed by atoms with Crippen molar-refractivity contribution in [3.8, 4) is 6.07 Å². The third kappa shape index (κ3) is 5.57. The second-order valence-corrected chi connectivity index (χ2v) is 8.82. The third-order valence-electron chi connectivity index (χ3n) is 5.14. The number of allylic oxidation sites excluding steroid dienone is 1. The number of nitriles is 1. The van der Waals surface area contributed by atoms with E-state index in [0.717, 1.165) is 18.8 Å². The first-order chi connectivity index (χ1) is 14.1. The maximum Gasteiger partial charge on any atom is 0.250 e. The van der Waals surface area contributed by atoms with Crippen LogP contribution in [-0.4, -0.2) is 73.9 Å². The van der Waals surface area contributed by atoms with Crippen LogP contribution in [0, 0.1) is 11.3 Å². The van der Waals surface area contributed by atoms with Gasteiger partial charge in [-0.25, -0.2) is 13.1 Å². The molecule has 1 aliphatic heterocycles. The Morgan fingerprint density at radius 3 is 2.30 bits per heavy atom. The number of aliphatic hydroxyl groups is 3. The predicted molar refractivity (Wildman–Crippen MR) is 113 cm³/mol. The van der Waals surface area contributed by atoms with Crippen LogP contribution in [0.4, 0.5) is 5.69 Å². The standard InChI is InChI=1S/C20H29N3O6S/c1-4-23(5-2)15-8-6-14(7-9-15)10-16(11-21)30(27,28)22-12-17-19(25)20(26)18(24)13(3)29-17/h6-10,13,17-20,22,24-26H,4-5,12H2,1-3H3/b16-10+/t13?,17-,18+,19-,20-/m1/s1. The van der Waals surface area contributed by atoms with E-state index >= 15 is 0 Å². The van der Waals surface area contributed by atoms with Gasteiger partial charge in [0.2, 0.25) is 0 Å². The highest BCUT2D eigenvalue weighted by molar-refractivity contribution is 7.93. The van der Waals surface area contributed by atoms with Crippen molar-refractivity contribution in [2.24, 2.45) is 0 Å². The molecule has 5 atom stereocenters. The van der Waals surface area contributed by atoms with Crippen LogP contribution in [-0.2, 0) is 14.8 Å². The SMILES string of the molecule is CCN(CC)c1ccc(/C=C(\C#N)S(=O)(=O)NC[C@H]2OC(C)[C@H](O)[C@@H](O)[C@@H]2O)cc1. The summed E-state index contributed by atoms with van der Waals surface area (Å²) < 4.78 is 32.7. The summed E-state index contributed by atoms with van der Waals surface area (Å²) in [6.45, 7) is 6.90. The molecule has 10 heteroatoms. The second kappa shape index (κ2) is 10.3. The van der Waals surface area contributed by atoms with Crippen molar-refractivity contribution in [2.75, 3.05) is 24.5 Å². The molecular weight excluding hydrogens is 410 g/mol. The maximum absolute atomic E-state index is 12.6. The van der Waals surface area contributed by atoms with Crippen LogP contribution < -0.4 is 9.62 Å². The van der Waals surface area contributed by atoms with Gasteiger partial charge in [0.1, 0.15) is 30.5 Å². The first-order valence-electron chi connectivity index (χ1n) is 9.80. The zero-order valence-corrected chi connectivity index (χ0v) is 18.1. The Morgan fingerprint density at radius 1 is 1.17 bits per heavy atom. The number of nitrogens with one attached hydrogen (secondary N) is 1. The van der Waals surface area contributed by atoms with Crippen LogP contribution in [0.2, 0.25) is 0 Å². The summed E-state index contributed by atoms with van der Waals surface area (Å²) in [5, 5.41) is 38.9. The Labute approximate surface area is 177 Å². The van der Waals surface area contributed by atoms with Gasteiger partial charge in [0.25, 0.3) is 10.0 Å². The minimum atomic E-state index is -4.17. The van der Waals surface area contributed by atoms with Crippen molar-refractivity contribution in [3.63, 3.8) is 0 Å². The lowest BCUT2D eigenvalue weighted by molar-refractivity contribution is -0.214. The number of benzene rings is 1. The van der Waals surface area contributed by atoms with Crippen molar-refractivity contribution in [3.05, 3.63) is 34.7 Å². The number of aliphatic hydroxyl groups excluding tert-OH is 3. The van der Waals surface area contributed by atoms with E-state index in [2.05, 4.69) is 9.62 Å². The molecule has 1 heterocycles. The second-order valence-electron chi connectivity index (χ2n) is 7.09. The van der Waals surface area contributed by atoms with E-state index < -0.39 is 45.4 Å². The van der Waals surface area contributed by atoms with Gasteiger partial charge < -0.3 is 25.0 Å². The average molecular weight is 440 g/mol. The molecule has 1 aromatic rings. The van der Waals surface area contributed by atoms with Crippen LogP contribution in [0.25, 0.3) is 6.08 Å². The molecule has 1 unspecified atom stereocenters. The predicted octanol–water partition coefficient (Wildman–Crippen LogP) is 0.187. The number of ether oxygens (including phenoxy) is 1. The van der Waals surface area contributed by atoms with Gasteiger partial charge in [-0.2, -0.15) is 5.26 Å². The molecule has 0 spiro atoms. The summed E-state index contributed by atoms with van der Waals surface area (Å²) in [5.41, 5.74) is 1.55. The monoisotopic (exact) mass is 439 g/mol. The smallest absolute Gasteiger partial charge is 0.250 e. The van der Waals surface area contributed by atoms with E-state index in [1.165, 1.54) is 13.0 Å². The first-order valence-corrected chi connectivity index (χ1v) is 11.3. The van der Waals surface area contributed by atoms with Crippen LogP contribution >= 0.6 is 0 Å². The maximum atomic E-state index is 12.6. The van der Waals surface area contributed by atoms with E-state index in [0.29, 0.717) is 5.56 Å². The van der Waals surface area contributed by atoms with Crippen LogP contribution in [0.1, 0.15) is 26.3 Å². The highest BCUT2D eigenvalue weighted by atomic mass is 32.2. The van der Waals surface area contributed by atoms with Gasteiger partial charge >= 0.3 is 0 Å². The molecule has 0 amide bonds. The van der Waals surface area contributed by atoms with Gasteiger partial charge in [0.15, 0.2) is 4.91 Å². The molecule has 0 bridgehead atoms. The van der Waals surface area contributed by atoms with Crippen LogP contribution in [0.3, 0.4) is 0 Å². The lowest BCUT2D eigenvalue weighted by atomic mass is 9.96. The Balaban J connectivity index is 2.12. The number of anilines is 1. The van der Waals surface area contributed by atoms with E-state index in [1.54, 1.807) is 18.2 Å². The van der Waals surface area contributed by atoms with Crippen molar-refractivity contribution in [1.82, 2.24) is 4.72 Å². The fourth-order valence-electron chi connectivity index (χ4n) is 3.27. The van der Waals surface area contributed by atoms with E-state index in [4.69, 9.17) is 4.74 Å². The van der Waals surface area contributed by atoms with Crippen molar-refractivity contribution >= 4 is 21.8 Å². The summed E-state index contributed by atoms with van der Waals surface area (Å²) in [6, 6.07) is 8.85. The zero-order chi connectivity index (χ0) is 22.5.